The topological polar surface area (TPSA) is 104 Å². The Labute approximate surface area is 219 Å². The van der Waals surface area contributed by atoms with Crippen LogP contribution in [0.15, 0.2) is 35.1 Å². The Morgan fingerprint density at radius 2 is 1.92 bits per heavy atom. The summed E-state index contributed by atoms with van der Waals surface area (Å²) in [5.74, 6) is 0.369. The number of aryl methyl sites for hydroxylation is 3. The van der Waals surface area contributed by atoms with Gasteiger partial charge in [0, 0.05) is 43.8 Å². The SMILES string of the molecule is Cc1noc(C)c1-c1cnc2c3c(c(C(C)(C)O)nn3C)n([C@H](c3ncccc3F)C3CCOCC3)c2c1. The van der Waals surface area contributed by atoms with E-state index in [4.69, 9.17) is 19.3 Å². The van der Waals surface area contributed by atoms with Crippen LogP contribution in [0.25, 0.3) is 33.2 Å². The molecular formula is C28H31FN6O3. The second-order valence-electron chi connectivity index (χ2n) is 10.7. The molecule has 0 aromatic carbocycles. The predicted molar refractivity (Wildman–Crippen MR) is 140 cm³/mol. The lowest BCUT2D eigenvalue weighted by Crippen LogP contribution is -2.29. The van der Waals surface area contributed by atoms with Gasteiger partial charge in [0.1, 0.15) is 33.9 Å². The van der Waals surface area contributed by atoms with Crippen LogP contribution < -0.4 is 0 Å². The smallest absolute Gasteiger partial charge is 0.146 e. The Morgan fingerprint density at radius 1 is 1.16 bits per heavy atom. The molecule has 0 spiro atoms. The monoisotopic (exact) mass is 518 g/mol. The summed E-state index contributed by atoms with van der Waals surface area (Å²) in [5, 5.41) is 20.0. The molecule has 1 fully saturated rings. The van der Waals surface area contributed by atoms with Gasteiger partial charge in [-0.3, -0.25) is 14.6 Å². The van der Waals surface area contributed by atoms with Crippen molar-refractivity contribution in [1.82, 2.24) is 29.5 Å². The molecule has 1 saturated heterocycles. The van der Waals surface area contributed by atoms with Gasteiger partial charge in [0.15, 0.2) is 0 Å². The molecule has 6 heterocycles. The number of ether oxygens (including phenoxy) is 1. The average Bonchev–Trinajstić information content (AvgIpc) is 3.52. The first-order valence-corrected chi connectivity index (χ1v) is 12.9. The zero-order valence-corrected chi connectivity index (χ0v) is 22.2. The van der Waals surface area contributed by atoms with Gasteiger partial charge >= 0.3 is 0 Å². The molecule has 0 aliphatic carbocycles. The first-order chi connectivity index (χ1) is 18.2. The summed E-state index contributed by atoms with van der Waals surface area (Å²) in [6, 6.07) is 4.64. The molecule has 0 radical (unpaired) electrons. The number of rotatable bonds is 5. The second kappa shape index (κ2) is 8.99. The molecule has 6 rings (SSSR count). The van der Waals surface area contributed by atoms with Crippen molar-refractivity contribution in [2.45, 2.75) is 52.2 Å². The van der Waals surface area contributed by atoms with Gasteiger partial charge in [0.05, 0.1) is 28.5 Å². The van der Waals surface area contributed by atoms with Gasteiger partial charge in [-0.25, -0.2) is 4.39 Å². The van der Waals surface area contributed by atoms with Crippen molar-refractivity contribution in [2.24, 2.45) is 13.0 Å². The van der Waals surface area contributed by atoms with Crippen molar-refractivity contribution in [3.05, 3.63) is 59.3 Å². The summed E-state index contributed by atoms with van der Waals surface area (Å²) in [6.07, 6.45) is 4.93. The third-order valence-electron chi connectivity index (χ3n) is 7.57. The highest BCUT2D eigenvalue weighted by Gasteiger charge is 2.37. The average molecular weight is 519 g/mol. The number of aromatic nitrogens is 6. The van der Waals surface area contributed by atoms with Gasteiger partial charge < -0.3 is 18.9 Å². The summed E-state index contributed by atoms with van der Waals surface area (Å²) in [5.41, 5.74) is 5.11. The minimum absolute atomic E-state index is 0.0459. The predicted octanol–water partition coefficient (Wildman–Crippen LogP) is 4.97. The van der Waals surface area contributed by atoms with Gasteiger partial charge in [-0.15, -0.1) is 0 Å². The lowest BCUT2D eigenvalue weighted by molar-refractivity contribution is 0.0538. The molecule has 5 aromatic heterocycles. The van der Waals surface area contributed by atoms with E-state index in [2.05, 4.69) is 20.8 Å². The third-order valence-corrected chi connectivity index (χ3v) is 7.57. The van der Waals surface area contributed by atoms with Crippen molar-refractivity contribution in [3.63, 3.8) is 0 Å². The molecule has 0 amide bonds. The molecule has 1 N–H and O–H groups in total. The fourth-order valence-corrected chi connectivity index (χ4v) is 5.88. The zero-order valence-electron chi connectivity index (χ0n) is 22.2. The van der Waals surface area contributed by atoms with E-state index < -0.39 is 11.6 Å². The van der Waals surface area contributed by atoms with Gasteiger partial charge in [-0.2, -0.15) is 5.10 Å². The van der Waals surface area contributed by atoms with Crippen molar-refractivity contribution in [1.29, 1.82) is 0 Å². The van der Waals surface area contributed by atoms with Crippen LogP contribution in [0, 0.1) is 25.6 Å². The molecule has 1 atom stereocenters. The van der Waals surface area contributed by atoms with Crippen LogP contribution in [0.2, 0.25) is 0 Å². The fourth-order valence-electron chi connectivity index (χ4n) is 5.88. The Bertz CT molecular complexity index is 1640. The number of hydrogen-bond donors (Lipinski definition) is 1. The molecule has 38 heavy (non-hydrogen) atoms. The van der Waals surface area contributed by atoms with Gasteiger partial charge in [-0.1, -0.05) is 5.16 Å². The van der Waals surface area contributed by atoms with E-state index >= 15 is 4.39 Å². The number of aliphatic hydroxyl groups is 1. The fraction of sp³-hybridized carbons (Fsp3) is 0.429. The molecule has 9 nitrogen and oxygen atoms in total. The quantitative estimate of drug-likeness (QED) is 0.350. The van der Waals surface area contributed by atoms with Crippen LogP contribution in [0.3, 0.4) is 0 Å². The standard InChI is InChI=1S/C28H31FN6O3/c1-15-21(16(2)38-33-15)18-13-20-23(31-14-18)25-26(27(28(3,4)36)32-34(25)5)35(20)24(17-8-11-37-12-9-17)22-19(29)7-6-10-30-22/h6-7,10,13-14,17,24,36H,8-9,11-12H2,1-5H3/t24-/m0/s1. The lowest BCUT2D eigenvalue weighted by atomic mass is 9.88. The van der Waals surface area contributed by atoms with E-state index in [1.807, 2.05) is 20.9 Å². The van der Waals surface area contributed by atoms with Crippen molar-refractivity contribution in [3.8, 4) is 11.1 Å². The number of hydrogen-bond acceptors (Lipinski definition) is 7. The van der Waals surface area contributed by atoms with Crippen molar-refractivity contribution in [2.75, 3.05) is 13.2 Å². The van der Waals surface area contributed by atoms with Crippen molar-refractivity contribution < 1.29 is 18.8 Å². The van der Waals surface area contributed by atoms with Crippen molar-refractivity contribution >= 4 is 22.1 Å². The van der Waals surface area contributed by atoms with E-state index in [1.165, 1.54) is 6.07 Å². The molecule has 5 aromatic rings. The summed E-state index contributed by atoms with van der Waals surface area (Å²) in [7, 11) is 1.84. The van der Waals surface area contributed by atoms with E-state index in [1.54, 1.807) is 37.0 Å². The van der Waals surface area contributed by atoms with Gasteiger partial charge in [0.25, 0.3) is 0 Å². The number of pyridine rings is 2. The van der Waals surface area contributed by atoms with Crippen LogP contribution >= 0.6 is 0 Å². The van der Waals surface area contributed by atoms with Crippen LogP contribution in [0.1, 0.15) is 55.6 Å². The Hall–Kier alpha value is -3.63. The van der Waals surface area contributed by atoms with Crippen LogP contribution in [0.4, 0.5) is 4.39 Å². The van der Waals surface area contributed by atoms with E-state index in [0.29, 0.717) is 30.4 Å². The van der Waals surface area contributed by atoms with E-state index in [0.717, 1.165) is 51.7 Å². The number of fused-ring (bicyclic) bond motifs is 3. The Balaban J connectivity index is 1.75. The van der Waals surface area contributed by atoms with Crippen LogP contribution in [0.5, 0.6) is 0 Å². The maximum Gasteiger partial charge on any atom is 0.146 e. The number of nitrogens with zero attached hydrogens (tertiary/aromatic N) is 6. The summed E-state index contributed by atoms with van der Waals surface area (Å²) in [4.78, 5) is 9.45. The largest absolute Gasteiger partial charge is 0.384 e. The maximum absolute atomic E-state index is 15.5. The normalized spacial score (nSPS) is 16.1. The minimum atomic E-state index is -1.25. The molecule has 0 unspecified atom stereocenters. The molecule has 0 saturated carbocycles. The molecule has 0 bridgehead atoms. The highest BCUT2D eigenvalue weighted by atomic mass is 19.1. The first kappa shape index (κ1) is 24.7. The lowest BCUT2D eigenvalue weighted by Gasteiger charge is -2.32. The highest BCUT2D eigenvalue weighted by Crippen LogP contribution is 2.43. The maximum atomic E-state index is 15.5. The van der Waals surface area contributed by atoms with Crippen LogP contribution in [-0.4, -0.2) is 47.8 Å². The second-order valence-corrected chi connectivity index (χ2v) is 10.7. The van der Waals surface area contributed by atoms with E-state index in [-0.39, 0.29) is 11.7 Å². The summed E-state index contributed by atoms with van der Waals surface area (Å²) in [6.45, 7) is 8.38. The summed E-state index contributed by atoms with van der Waals surface area (Å²) < 4.78 is 30.5. The third kappa shape index (κ3) is 3.82. The highest BCUT2D eigenvalue weighted by molar-refractivity contribution is 6.06. The molecular weight excluding hydrogens is 487 g/mol. The molecule has 1 aliphatic rings. The van der Waals surface area contributed by atoms with Gasteiger partial charge in [-0.05, 0) is 64.7 Å². The first-order valence-electron chi connectivity index (χ1n) is 12.9. The molecule has 1 aliphatic heterocycles. The number of halogens is 1. The summed E-state index contributed by atoms with van der Waals surface area (Å²) >= 11 is 0. The minimum Gasteiger partial charge on any atom is -0.384 e. The molecule has 10 heteroatoms. The Morgan fingerprint density at radius 3 is 2.58 bits per heavy atom. The molecule has 198 valence electrons. The van der Waals surface area contributed by atoms with Crippen LogP contribution in [-0.2, 0) is 17.4 Å². The van der Waals surface area contributed by atoms with E-state index in [9.17, 15) is 5.11 Å². The Kier molecular flexibility index (Phi) is 5.84. The van der Waals surface area contributed by atoms with Gasteiger partial charge in [0.2, 0.25) is 0 Å². The zero-order chi connectivity index (χ0) is 26.8.